The van der Waals surface area contributed by atoms with Crippen LogP contribution in [0.2, 0.25) is 5.02 Å². The first-order valence-electron chi connectivity index (χ1n) is 10.3. The number of amidine groups is 1. The Labute approximate surface area is 201 Å². The van der Waals surface area contributed by atoms with E-state index in [0.29, 0.717) is 33.9 Å². The quantitative estimate of drug-likeness (QED) is 0.506. The molecule has 0 spiro atoms. The number of amides is 2. The third-order valence-electron chi connectivity index (χ3n) is 5.00. The third kappa shape index (κ3) is 5.94. The van der Waals surface area contributed by atoms with Crippen LogP contribution in [0.5, 0.6) is 5.75 Å². The van der Waals surface area contributed by atoms with E-state index in [1.807, 2.05) is 42.5 Å². The van der Waals surface area contributed by atoms with Gasteiger partial charge in [0, 0.05) is 17.1 Å². The number of nitrogens with one attached hydrogen (secondary N) is 1. The lowest BCUT2D eigenvalue weighted by Crippen LogP contribution is -2.44. The molecule has 1 fully saturated rings. The van der Waals surface area contributed by atoms with Crippen LogP contribution in [0.25, 0.3) is 0 Å². The molecule has 1 saturated heterocycles. The summed E-state index contributed by atoms with van der Waals surface area (Å²) in [7, 11) is 1.60. The Morgan fingerprint density at radius 1 is 1.12 bits per heavy atom. The van der Waals surface area contributed by atoms with E-state index in [4.69, 9.17) is 21.3 Å². The Kier molecular flexibility index (Phi) is 7.32. The number of thioether (sulfide) groups is 1. The molecule has 33 heavy (non-hydrogen) atoms. The van der Waals surface area contributed by atoms with Gasteiger partial charge in [0.05, 0.1) is 19.3 Å². The van der Waals surface area contributed by atoms with Gasteiger partial charge in [-0.05, 0) is 48.0 Å². The summed E-state index contributed by atoms with van der Waals surface area (Å²) < 4.78 is 5.21. The van der Waals surface area contributed by atoms with E-state index in [1.165, 1.54) is 11.8 Å². The van der Waals surface area contributed by atoms with E-state index < -0.39 is 5.25 Å². The van der Waals surface area contributed by atoms with E-state index in [-0.39, 0.29) is 18.2 Å². The Balaban J connectivity index is 1.59. The van der Waals surface area contributed by atoms with Gasteiger partial charge in [-0.1, -0.05) is 59.8 Å². The number of methoxy groups -OCH3 is 1. The summed E-state index contributed by atoms with van der Waals surface area (Å²) in [5.74, 6) is 0.291. The molecule has 4 rings (SSSR count). The largest absolute Gasteiger partial charge is 0.497 e. The van der Waals surface area contributed by atoms with Crippen LogP contribution in [0.3, 0.4) is 0 Å². The smallest absolute Gasteiger partial charge is 0.238 e. The van der Waals surface area contributed by atoms with Gasteiger partial charge in [-0.3, -0.25) is 14.5 Å². The van der Waals surface area contributed by atoms with Crippen molar-refractivity contribution in [2.45, 2.75) is 18.2 Å². The van der Waals surface area contributed by atoms with Crippen LogP contribution in [0.1, 0.15) is 12.0 Å². The molecule has 0 saturated carbocycles. The van der Waals surface area contributed by atoms with Crippen molar-refractivity contribution < 1.29 is 14.3 Å². The Morgan fingerprint density at radius 2 is 1.88 bits per heavy atom. The van der Waals surface area contributed by atoms with E-state index in [2.05, 4.69) is 5.32 Å². The molecule has 0 bridgehead atoms. The van der Waals surface area contributed by atoms with Gasteiger partial charge >= 0.3 is 0 Å². The van der Waals surface area contributed by atoms with Gasteiger partial charge in [0.2, 0.25) is 11.8 Å². The SMILES string of the molecule is COc1ccc(N=C2S[C@H](C(=O)Nc3cccc(Cl)c3)CC(=O)N2Cc2ccccc2)cc1. The molecule has 3 aromatic carbocycles. The van der Waals surface area contributed by atoms with Gasteiger partial charge in [0.1, 0.15) is 11.0 Å². The van der Waals surface area contributed by atoms with Crippen LogP contribution < -0.4 is 10.1 Å². The molecule has 1 heterocycles. The van der Waals surface area contributed by atoms with E-state index in [0.717, 1.165) is 5.56 Å². The highest BCUT2D eigenvalue weighted by Gasteiger charge is 2.36. The molecule has 0 unspecified atom stereocenters. The van der Waals surface area contributed by atoms with Gasteiger partial charge in [0.15, 0.2) is 5.17 Å². The zero-order valence-corrected chi connectivity index (χ0v) is 19.5. The second kappa shape index (κ2) is 10.6. The predicted octanol–water partition coefficient (Wildman–Crippen LogP) is 5.51. The van der Waals surface area contributed by atoms with E-state index in [1.54, 1.807) is 48.4 Å². The Morgan fingerprint density at radius 3 is 2.58 bits per heavy atom. The molecule has 0 aliphatic carbocycles. The number of ether oxygens (including phenoxy) is 1. The number of carbonyl (C=O) groups excluding carboxylic acids is 2. The number of benzene rings is 3. The van der Waals surface area contributed by atoms with Crippen LogP contribution in [0, 0.1) is 0 Å². The van der Waals surface area contributed by atoms with Crippen LogP contribution in [0.15, 0.2) is 83.9 Å². The van der Waals surface area contributed by atoms with Gasteiger partial charge in [-0.25, -0.2) is 4.99 Å². The number of hydrogen-bond acceptors (Lipinski definition) is 5. The van der Waals surface area contributed by atoms with Gasteiger partial charge < -0.3 is 10.1 Å². The molecule has 1 N–H and O–H groups in total. The maximum absolute atomic E-state index is 13.1. The third-order valence-corrected chi connectivity index (χ3v) is 6.43. The molecule has 168 valence electrons. The monoisotopic (exact) mass is 479 g/mol. The lowest BCUT2D eigenvalue weighted by molar-refractivity contribution is -0.129. The number of carbonyl (C=O) groups is 2. The summed E-state index contributed by atoms with van der Waals surface area (Å²) in [4.78, 5) is 32.4. The number of anilines is 1. The van der Waals surface area contributed by atoms with Gasteiger partial charge in [-0.2, -0.15) is 0 Å². The molecule has 0 aromatic heterocycles. The molecular formula is C25H22ClN3O3S. The van der Waals surface area contributed by atoms with Crippen molar-refractivity contribution in [3.8, 4) is 5.75 Å². The molecule has 8 heteroatoms. The maximum atomic E-state index is 13.1. The van der Waals surface area contributed by atoms with Gasteiger partial charge in [-0.15, -0.1) is 0 Å². The second-order valence-corrected chi connectivity index (χ2v) is 8.97. The first-order valence-corrected chi connectivity index (χ1v) is 11.6. The average molecular weight is 480 g/mol. The fourth-order valence-corrected chi connectivity index (χ4v) is 4.61. The van der Waals surface area contributed by atoms with Crippen LogP contribution in [-0.4, -0.2) is 34.2 Å². The Hall–Kier alpha value is -3.29. The number of rotatable bonds is 6. The molecule has 2 amide bonds. The summed E-state index contributed by atoms with van der Waals surface area (Å²) in [6.45, 7) is 0.379. The van der Waals surface area contributed by atoms with Crippen LogP contribution >= 0.6 is 23.4 Å². The van der Waals surface area contributed by atoms with Crippen molar-refractivity contribution in [2.24, 2.45) is 4.99 Å². The fourth-order valence-electron chi connectivity index (χ4n) is 3.32. The summed E-state index contributed by atoms with van der Waals surface area (Å²) >= 11 is 7.30. The minimum absolute atomic E-state index is 0.0749. The van der Waals surface area contributed by atoms with Crippen LogP contribution in [-0.2, 0) is 16.1 Å². The summed E-state index contributed by atoms with van der Waals surface area (Å²) in [5.41, 5.74) is 2.23. The lowest BCUT2D eigenvalue weighted by atomic mass is 10.2. The minimum atomic E-state index is -0.611. The highest BCUT2D eigenvalue weighted by Crippen LogP contribution is 2.31. The molecule has 1 atom stereocenters. The molecule has 3 aromatic rings. The number of nitrogens with zero attached hydrogens (tertiary/aromatic N) is 2. The van der Waals surface area contributed by atoms with Gasteiger partial charge in [0.25, 0.3) is 0 Å². The minimum Gasteiger partial charge on any atom is -0.497 e. The first-order chi connectivity index (χ1) is 16.0. The number of aliphatic imine (C=N–C) groups is 1. The highest BCUT2D eigenvalue weighted by molar-refractivity contribution is 8.15. The maximum Gasteiger partial charge on any atom is 0.238 e. The number of hydrogen-bond donors (Lipinski definition) is 1. The second-order valence-electron chi connectivity index (χ2n) is 7.37. The van der Waals surface area contributed by atoms with E-state index >= 15 is 0 Å². The molecule has 1 aliphatic rings. The standard InChI is InChI=1S/C25H22ClN3O3S/c1-32-21-12-10-19(11-13-21)28-25-29(16-17-6-3-2-4-7-17)23(30)15-22(33-25)24(31)27-20-9-5-8-18(26)14-20/h2-14,22H,15-16H2,1H3,(H,27,31)/t22-/m0/s1. The lowest BCUT2D eigenvalue weighted by Gasteiger charge is -2.32. The average Bonchev–Trinajstić information content (AvgIpc) is 2.82. The van der Waals surface area contributed by atoms with Crippen molar-refractivity contribution in [1.29, 1.82) is 0 Å². The summed E-state index contributed by atoms with van der Waals surface area (Å²) in [5, 5.41) is 3.24. The fraction of sp³-hybridized carbons (Fsp3) is 0.160. The van der Waals surface area contributed by atoms with Crippen LogP contribution in [0.4, 0.5) is 11.4 Å². The molecule has 1 aliphatic heterocycles. The molecule has 0 radical (unpaired) electrons. The normalized spacial score (nSPS) is 17.2. The summed E-state index contributed by atoms with van der Waals surface area (Å²) in [6, 6.07) is 23.9. The number of halogens is 1. The zero-order valence-electron chi connectivity index (χ0n) is 17.9. The van der Waals surface area contributed by atoms with Crippen molar-refractivity contribution in [3.05, 3.63) is 89.4 Å². The van der Waals surface area contributed by atoms with Crippen molar-refractivity contribution in [3.63, 3.8) is 0 Å². The van der Waals surface area contributed by atoms with Crippen molar-refractivity contribution in [2.75, 3.05) is 12.4 Å². The molecular weight excluding hydrogens is 458 g/mol. The molecule has 6 nitrogen and oxygen atoms in total. The Bertz CT molecular complexity index is 1170. The predicted molar refractivity (Wildman–Crippen MR) is 133 cm³/mol. The van der Waals surface area contributed by atoms with E-state index in [9.17, 15) is 9.59 Å². The highest BCUT2D eigenvalue weighted by atomic mass is 35.5. The zero-order chi connectivity index (χ0) is 23.2. The first kappa shape index (κ1) is 22.9. The summed E-state index contributed by atoms with van der Waals surface area (Å²) in [6.07, 6.45) is 0.0749. The topological polar surface area (TPSA) is 71.0 Å². The van der Waals surface area contributed by atoms with Crippen molar-refractivity contribution >= 4 is 51.7 Å². The van der Waals surface area contributed by atoms with Crippen molar-refractivity contribution in [1.82, 2.24) is 4.90 Å².